The van der Waals surface area contributed by atoms with Gasteiger partial charge in [-0.3, -0.25) is 0 Å². The normalized spacial score (nSPS) is 12.0. The fourth-order valence-electron chi connectivity index (χ4n) is 4.20. The highest BCUT2D eigenvalue weighted by molar-refractivity contribution is 6.51. The summed E-state index contributed by atoms with van der Waals surface area (Å²) in [6.07, 6.45) is 0. The van der Waals surface area contributed by atoms with Crippen LogP contribution in [0.3, 0.4) is 0 Å². The van der Waals surface area contributed by atoms with Gasteiger partial charge >= 0.3 is 7.48 Å². The molecule has 0 unspecified atom stereocenters. The molecule has 0 saturated heterocycles. The molecule has 5 heteroatoms. The van der Waals surface area contributed by atoms with Gasteiger partial charge in [0.15, 0.2) is 5.82 Å². The summed E-state index contributed by atoms with van der Waals surface area (Å²) >= 11 is 0. The summed E-state index contributed by atoms with van der Waals surface area (Å²) in [5.41, 5.74) is 4.22. The van der Waals surface area contributed by atoms with Gasteiger partial charge in [0, 0.05) is 16.7 Å². The van der Waals surface area contributed by atoms with Crippen molar-refractivity contribution in [3.8, 4) is 33.9 Å². The minimum Gasteiger partial charge on any atom is -0.427 e. The van der Waals surface area contributed by atoms with Crippen LogP contribution in [0.5, 0.6) is 0 Å². The van der Waals surface area contributed by atoms with E-state index in [2.05, 4.69) is 48.5 Å². The third-order valence-electron chi connectivity index (χ3n) is 7.18. The molecule has 37 heavy (non-hydrogen) atoms. The lowest BCUT2D eigenvalue weighted by atomic mass is 9.79. The lowest BCUT2D eigenvalue weighted by molar-refractivity contribution is -0.0893. The van der Waals surface area contributed by atoms with Crippen molar-refractivity contribution in [2.75, 3.05) is 0 Å². The molecule has 5 rings (SSSR count). The average molecular weight is 486 g/mol. The first-order valence-corrected chi connectivity index (χ1v) is 12.6. The largest absolute Gasteiger partial charge is 0.427 e. The van der Waals surface area contributed by atoms with Gasteiger partial charge in [-0.05, 0) is 50.0 Å². The predicted octanol–water partition coefficient (Wildman–Crippen LogP) is 6.17. The monoisotopic (exact) mass is 486 g/mol. The summed E-state index contributed by atoms with van der Waals surface area (Å²) in [6.45, 7) is 7.39. The van der Waals surface area contributed by atoms with Crippen LogP contribution in [0.4, 0.5) is 0 Å². The maximum Gasteiger partial charge on any atom is 0.310 e. The van der Waals surface area contributed by atoms with E-state index in [0.717, 1.165) is 44.3 Å². The van der Waals surface area contributed by atoms with Crippen molar-refractivity contribution in [3.05, 3.63) is 103 Å². The molecule has 0 spiro atoms. The van der Waals surface area contributed by atoms with E-state index >= 15 is 0 Å². The summed E-state index contributed by atoms with van der Waals surface area (Å²) in [5, 5.41) is 12.7. The molecule has 1 aromatic heterocycles. The average Bonchev–Trinajstić information content (AvgIpc) is 2.92. The van der Waals surface area contributed by atoms with Gasteiger partial charge in [0.2, 0.25) is 0 Å². The molecule has 184 valence electrons. The maximum absolute atomic E-state index is 10.5. The molecule has 5 aromatic rings. The molecule has 0 amide bonds. The molecule has 0 fully saturated rings. The van der Waals surface area contributed by atoms with Crippen molar-refractivity contribution in [1.29, 1.82) is 0 Å². The lowest BCUT2D eigenvalue weighted by Gasteiger charge is -2.37. The molecule has 0 atom stereocenters. The van der Waals surface area contributed by atoms with E-state index in [9.17, 15) is 5.11 Å². The number of aliphatic hydroxyl groups is 1. The van der Waals surface area contributed by atoms with Crippen LogP contribution in [0.15, 0.2) is 103 Å². The van der Waals surface area contributed by atoms with Crippen LogP contribution in [-0.2, 0) is 4.65 Å². The minimum atomic E-state index is -0.967. The molecule has 0 saturated carbocycles. The number of fused-ring (bicyclic) bond motifs is 1. The van der Waals surface area contributed by atoms with Crippen molar-refractivity contribution in [2.24, 2.45) is 0 Å². The highest BCUT2D eigenvalue weighted by Gasteiger charge is 2.35. The van der Waals surface area contributed by atoms with E-state index in [4.69, 9.17) is 14.6 Å². The van der Waals surface area contributed by atoms with Crippen molar-refractivity contribution < 1.29 is 9.76 Å². The third-order valence-corrected chi connectivity index (χ3v) is 7.18. The fraction of sp³-hybridized carbons (Fsp3) is 0.188. The Hall–Kier alpha value is -3.80. The smallest absolute Gasteiger partial charge is 0.310 e. The number of hydrogen-bond donors (Lipinski definition) is 1. The van der Waals surface area contributed by atoms with Crippen LogP contribution >= 0.6 is 0 Å². The topological polar surface area (TPSA) is 55.2 Å². The number of nitrogens with zero attached hydrogens (tertiary/aromatic N) is 2. The van der Waals surface area contributed by atoms with E-state index in [1.54, 1.807) is 13.8 Å². The van der Waals surface area contributed by atoms with Gasteiger partial charge < -0.3 is 9.76 Å². The summed E-state index contributed by atoms with van der Waals surface area (Å²) < 4.78 is 6.21. The van der Waals surface area contributed by atoms with Crippen LogP contribution in [0.1, 0.15) is 27.7 Å². The molecule has 0 bridgehead atoms. The molecular formula is C32H31BN2O2. The second-order valence-electron chi connectivity index (χ2n) is 10.4. The van der Waals surface area contributed by atoms with Gasteiger partial charge in [0.25, 0.3) is 0 Å². The SMILES string of the molecule is CC(C)(O)C(C)(C)OBc1ccc(-c2cc(-c3ccccc3)nc(-c3ccccc3)n2)c2ccccc12. The molecule has 0 radical (unpaired) electrons. The number of benzene rings is 4. The van der Waals surface area contributed by atoms with Crippen LogP contribution < -0.4 is 5.46 Å². The second-order valence-corrected chi connectivity index (χ2v) is 10.4. The van der Waals surface area contributed by atoms with E-state index in [1.807, 2.05) is 68.4 Å². The van der Waals surface area contributed by atoms with Gasteiger partial charge in [-0.1, -0.05) is 97.1 Å². The minimum absolute atomic E-state index is 0.395. The zero-order valence-electron chi connectivity index (χ0n) is 21.8. The molecule has 1 N–H and O–H groups in total. The first-order chi connectivity index (χ1) is 17.7. The predicted molar refractivity (Wildman–Crippen MR) is 154 cm³/mol. The van der Waals surface area contributed by atoms with Crippen LogP contribution in [0.2, 0.25) is 0 Å². The van der Waals surface area contributed by atoms with Gasteiger partial charge in [0.1, 0.15) is 0 Å². The van der Waals surface area contributed by atoms with E-state index in [0.29, 0.717) is 13.3 Å². The van der Waals surface area contributed by atoms with Crippen LogP contribution in [-0.4, -0.2) is 33.8 Å². The fourth-order valence-corrected chi connectivity index (χ4v) is 4.20. The Morgan fingerprint density at radius 2 is 1.22 bits per heavy atom. The molecule has 0 aliphatic carbocycles. The quantitative estimate of drug-likeness (QED) is 0.280. The zero-order valence-corrected chi connectivity index (χ0v) is 21.8. The lowest BCUT2D eigenvalue weighted by Crippen LogP contribution is -2.49. The number of rotatable bonds is 7. The van der Waals surface area contributed by atoms with E-state index in [1.165, 1.54) is 0 Å². The molecule has 0 aliphatic heterocycles. The highest BCUT2D eigenvalue weighted by Crippen LogP contribution is 2.32. The summed E-state index contributed by atoms with van der Waals surface area (Å²) in [4.78, 5) is 9.94. The molecular weight excluding hydrogens is 455 g/mol. The van der Waals surface area contributed by atoms with E-state index < -0.39 is 11.2 Å². The number of hydrogen-bond acceptors (Lipinski definition) is 4. The first-order valence-electron chi connectivity index (χ1n) is 12.6. The molecule has 4 aromatic carbocycles. The Balaban J connectivity index is 1.63. The zero-order chi connectivity index (χ0) is 26.0. The molecule has 4 nitrogen and oxygen atoms in total. The summed E-state index contributed by atoms with van der Waals surface area (Å²) in [6, 6.07) is 34.9. The Bertz CT molecular complexity index is 1470. The molecule has 1 heterocycles. The van der Waals surface area contributed by atoms with E-state index in [-0.39, 0.29) is 0 Å². The standard InChI is InChI=1S/C32H31BN2O2/c1-31(2,36)32(3,4)37-33-27-20-19-26(24-17-11-12-18-25(24)27)29-21-28(22-13-7-5-8-14-22)34-30(35-29)23-15-9-6-10-16-23/h5-21,33,36H,1-4H3. The van der Waals surface area contributed by atoms with Crippen LogP contribution in [0, 0.1) is 0 Å². The maximum atomic E-state index is 10.5. The Morgan fingerprint density at radius 1 is 0.649 bits per heavy atom. The van der Waals surface area contributed by atoms with Crippen molar-refractivity contribution in [3.63, 3.8) is 0 Å². The highest BCUT2D eigenvalue weighted by atomic mass is 16.5. The molecule has 0 aliphatic rings. The summed E-state index contributed by atoms with van der Waals surface area (Å²) in [7, 11) is 0.395. The van der Waals surface area contributed by atoms with Gasteiger partial charge in [0.05, 0.1) is 22.6 Å². The Morgan fingerprint density at radius 3 is 1.86 bits per heavy atom. The Labute approximate surface area is 219 Å². The van der Waals surface area contributed by atoms with Crippen molar-refractivity contribution in [2.45, 2.75) is 38.9 Å². The van der Waals surface area contributed by atoms with Crippen LogP contribution in [0.25, 0.3) is 44.7 Å². The first kappa shape index (κ1) is 24.9. The Kier molecular flexibility index (Phi) is 6.68. The van der Waals surface area contributed by atoms with Gasteiger partial charge in [-0.25, -0.2) is 9.97 Å². The van der Waals surface area contributed by atoms with Gasteiger partial charge in [-0.2, -0.15) is 0 Å². The third kappa shape index (κ3) is 5.20. The van der Waals surface area contributed by atoms with Crippen molar-refractivity contribution >= 4 is 23.7 Å². The van der Waals surface area contributed by atoms with Crippen molar-refractivity contribution in [1.82, 2.24) is 9.97 Å². The van der Waals surface area contributed by atoms with Gasteiger partial charge in [-0.15, -0.1) is 0 Å². The number of aromatic nitrogens is 2. The summed E-state index contributed by atoms with van der Waals surface area (Å²) in [5.74, 6) is 0.695. The second kappa shape index (κ2) is 9.93.